The number of benzene rings is 2. The molecule has 1 amide bonds. The minimum atomic E-state index is -1.02. The molecule has 4 aliphatic rings. The molecule has 2 aliphatic carbocycles. The lowest BCUT2D eigenvalue weighted by Crippen LogP contribution is -2.49. The van der Waals surface area contributed by atoms with E-state index in [0.29, 0.717) is 29.6 Å². The van der Waals surface area contributed by atoms with Gasteiger partial charge in [0.2, 0.25) is 5.96 Å². The Balaban J connectivity index is 1.08. The van der Waals surface area contributed by atoms with Crippen LogP contribution < -0.4 is 16.4 Å². The zero-order valence-electron chi connectivity index (χ0n) is 22.6. The summed E-state index contributed by atoms with van der Waals surface area (Å²) in [4.78, 5) is 18.8. The molecule has 10 heteroatoms. The standard InChI is InChI=1S/C30H35N7O3/c1-2-40-28(39)32-20-8-5-7-19(16-20)30(10-11-30)24-22-25(36-35-24)33-27(34-26(22)38)37-14-12-29(13-15-37)17-18-6-3-4-9-21(18)23(29)31/h3-9,16,23,26,38H,2,10-15,17,31H2,1H3,(H,32,39)(H2,33,34,35,36)/t23-,26?/m1/s1. The van der Waals surface area contributed by atoms with E-state index >= 15 is 0 Å². The number of anilines is 2. The average Bonchev–Trinajstić information content (AvgIpc) is 3.57. The van der Waals surface area contributed by atoms with Crippen LogP contribution in [0, 0.1) is 5.41 Å². The lowest BCUT2D eigenvalue weighted by molar-refractivity contribution is 0.124. The molecule has 6 N–H and O–H groups in total. The number of rotatable bonds is 4. The SMILES string of the molecule is CCOC(=O)Nc1cccc(C2(c3[nH]nc4c3C(O)N=C(N3CCC5(CC3)Cc3ccccc3[C@H]5N)N4)CC2)c1. The Kier molecular flexibility index (Phi) is 5.87. The highest BCUT2D eigenvalue weighted by atomic mass is 16.5. The number of carbonyl (C=O) groups excluding carboxylic acids is 1. The van der Waals surface area contributed by atoms with Crippen molar-refractivity contribution in [3.05, 3.63) is 76.5 Å². The van der Waals surface area contributed by atoms with Crippen LogP contribution in [0.3, 0.4) is 0 Å². The summed E-state index contributed by atoms with van der Waals surface area (Å²) in [6.45, 7) is 3.72. The number of fused-ring (bicyclic) bond motifs is 2. The molecule has 10 nitrogen and oxygen atoms in total. The molecule has 1 aromatic heterocycles. The Morgan fingerprint density at radius 1 is 1.18 bits per heavy atom. The van der Waals surface area contributed by atoms with Gasteiger partial charge >= 0.3 is 6.09 Å². The van der Waals surface area contributed by atoms with Crippen molar-refractivity contribution in [2.75, 3.05) is 30.3 Å². The van der Waals surface area contributed by atoms with Crippen molar-refractivity contribution in [3.8, 4) is 0 Å². The summed E-state index contributed by atoms with van der Waals surface area (Å²) >= 11 is 0. The number of aromatic amines is 1. The fourth-order valence-corrected chi connectivity index (χ4v) is 7.00. The van der Waals surface area contributed by atoms with E-state index in [2.05, 4.69) is 55.0 Å². The molecule has 2 aromatic carbocycles. The van der Waals surface area contributed by atoms with E-state index in [9.17, 15) is 9.90 Å². The van der Waals surface area contributed by atoms with E-state index in [0.717, 1.165) is 56.5 Å². The van der Waals surface area contributed by atoms with Crippen LogP contribution in [0.5, 0.6) is 0 Å². The van der Waals surface area contributed by atoms with Gasteiger partial charge in [-0.1, -0.05) is 36.4 Å². The lowest BCUT2D eigenvalue weighted by atomic mass is 9.73. The van der Waals surface area contributed by atoms with Crippen LogP contribution in [0.25, 0.3) is 0 Å². The van der Waals surface area contributed by atoms with Gasteiger partial charge in [-0.3, -0.25) is 10.4 Å². The summed E-state index contributed by atoms with van der Waals surface area (Å²) in [5.41, 5.74) is 12.5. The number of H-pyrrole nitrogens is 1. The van der Waals surface area contributed by atoms with E-state index in [1.54, 1.807) is 6.92 Å². The summed E-state index contributed by atoms with van der Waals surface area (Å²) in [7, 11) is 0. The van der Waals surface area contributed by atoms with Crippen molar-refractivity contribution in [2.24, 2.45) is 16.1 Å². The molecule has 2 fully saturated rings. The topological polar surface area (TPSA) is 141 Å². The highest BCUT2D eigenvalue weighted by molar-refractivity contribution is 5.95. The van der Waals surface area contributed by atoms with Crippen LogP contribution in [0.2, 0.25) is 0 Å². The first-order valence-electron chi connectivity index (χ1n) is 14.2. The number of amides is 1. The monoisotopic (exact) mass is 541 g/mol. The average molecular weight is 542 g/mol. The van der Waals surface area contributed by atoms with Crippen LogP contribution in [-0.4, -0.2) is 52.0 Å². The molecule has 1 saturated carbocycles. The van der Waals surface area contributed by atoms with Gasteiger partial charge in [-0.25, -0.2) is 9.79 Å². The number of carbonyl (C=O) groups is 1. The van der Waals surface area contributed by atoms with Crippen molar-refractivity contribution in [3.63, 3.8) is 0 Å². The molecule has 2 aliphatic heterocycles. The quantitative estimate of drug-likeness (QED) is 0.334. The Bertz CT molecular complexity index is 1490. The van der Waals surface area contributed by atoms with Gasteiger partial charge in [-0.2, -0.15) is 5.10 Å². The van der Waals surface area contributed by atoms with E-state index in [1.165, 1.54) is 11.1 Å². The molecular weight excluding hydrogens is 506 g/mol. The van der Waals surface area contributed by atoms with Crippen molar-refractivity contribution in [1.82, 2.24) is 15.1 Å². The highest BCUT2D eigenvalue weighted by Crippen LogP contribution is 2.56. The molecule has 0 radical (unpaired) electrons. The first kappa shape index (κ1) is 25.1. The van der Waals surface area contributed by atoms with Crippen LogP contribution in [0.1, 0.15) is 72.8 Å². The number of aliphatic hydroxyl groups excluding tert-OH is 1. The van der Waals surface area contributed by atoms with Crippen LogP contribution in [-0.2, 0) is 16.6 Å². The fraction of sp³-hybridized carbons (Fsp3) is 0.433. The Hall–Kier alpha value is -3.89. The fourth-order valence-electron chi connectivity index (χ4n) is 7.00. The molecule has 1 saturated heterocycles. The van der Waals surface area contributed by atoms with Crippen molar-refractivity contribution in [1.29, 1.82) is 0 Å². The molecule has 2 atom stereocenters. The molecule has 208 valence electrons. The second-order valence-electron chi connectivity index (χ2n) is 11.5. The van der Waals surface area contributed by atoms with Gasteiger partial charge in [0, 0.05) is 30.2 Å². The van der Waals surface area contributed by atoms with E-state index in [-0.39, 0.29) is 16.9 Å². The van der Waals surface area contributed by atoms with E-state index in [4.69, 9.17) is 10.5 Å². The molecule has 1 spiro atoms. The molecule has 7 rings (SSSR count). The Morgan fingerprint density at radius 3 is 2.73 bits per heavy atom. The van der Waals surface area contributed by atoms with Gasteiger partial charge in [-0.15, -0.1) is 0 Å². The lowest BCUT2D eigenvalue weighted by Gasteiger charge is -2.43. The summed E-state index contributed by atoms with van der Waals surface area (Å²) in [6.07, 6.45) is 3.27. The first-order chi connectivity index (χ1) is 19.4. The van der Waals surface area contributed by atoms with Crippen molar-refractivity contribution >= 4 is 23.6 Å². The first-order valence-corrected chi connectivity index (χ1v) is 14.2. The zero-order chi connectivity index (χ0) is 27.5. The third-order valence-corrected chi connectivity index (χ3v) is 9.35. The summed E-state index contributed by atoms with van der Waals surface area (Å²) in [5, 5.41) is 25.2. The maximum Gasteiger partial charge on any atom is 0.411 e. The van der Waals surface area contributed by atoms with E-state index in [1.807, 2.05) is 24.3 Å². The number of aromatic nitrogens is 2. The number of hydrogen-bond donors (Lipinski definition) is 5. The van der Waals surface area contributed by atoms with Gasteiger partial charge in [0.15, 0.2) is 12.0 Å². The number of likely N-dealkylation sites (tertiary alicyclic amines) is 1. The number of guanidine groups is 1. The predicted octanol–water partition coefficient (Wildman–Crippen LogP) is 4.17. The minimum Gasteiger partial charge on any atom is -0.450 e. The number of hydrogen-bond acceptors (Lipinski definition) is 8. The molecular formula is C30H35N7O3. The number of aliphatic imine (C=N–C) groups is 1. The molecule has 3 aromatic rings. The number of nitrogens with one attached hydrogen (secondary N) is 3. The zero-order valence-corrected chi connectivity index (χ0v) is 22.6. The second kappa shape index (κ2) is 9.35. The number of nitrogens with zero attached hydrogens (tertiary/aromatic N) is 3. The van der Waals surface area contributed by atoms with Crippen molar-refractivity contribution in [2.45, 2.75) is 56.7 Å². The maximum atomic E-state index is 11.9. The minimum absolute atomic E-state index is 0.0546. The van der Waals surface area contributed by atoms with Gasteiger partial charge in [0.1, 0.15) is 0 Å². The van der Waals surface area contributed by atoms with Gasteiger partial charge in [-0.05, 0) is 73.3 Å². The van der Waals surface area contributed by atoms with Crippen LogP contribution in [0.4, 0.5) is 16.3 Å². The van der Waals surface area contributed by atoms with Crippen molar-refractivity contribution < 1.29 is 14.6 Å². The predicted molar refractivity (Wildman–Crippen MR) is 152 cm³/mol. The summed E-state index contributed by atoms with van der Waals surface area (Å²) in [5.74, 6) is 1.27. The van der Waals surface area contributed by atoms with E-state index < -0.39 is 12.3 Å². The number of nitrogens with two attached hydrogens (primary N) is 1. The van der Waals surface area contributed by atoms with Gasteiger partial charge < -0.3 is 25.8 Å². The van der Waals surface area contributed by atoms with Gasteiger partial charge in [0.05, 0.1) is 17.9 Å². The second-order valence-corrected chi connectivity index (χ2v) is 11.5. The Morgan fingerprint density at radius 2 is 1.98 bits per heavy atom. The molecule has 0 bridgehead atoms. The number of piperidine rings is 1. The third kappa shape index (κ3) is 3.97. The molecule has 40 heavy (non-hydrogen) atoms. The number of ether oxygens (including phenoxy) is 1. The van der Waals surface area contributed by atoms with Crippen LogP contribution >= 0.6 is 0 Å². The van der Waals surface area contributed by atoms with Gasteiger partial charge in [0.25, 0.3) is 0 Å². The van der Waals surface area contributed by atoms with Crippen LogP contribution in [0.15, 0.2) is 53.5 Å². The smallest absolute Gasteiger partial charge is 0.411 e. The Labute approximate surface area is 233 Å². The molecule has 1 unspecified atom stereocenters. The maximum absolute atomic E-state index is 11.9. The summed E-state index contributed by atoms with van der Waals surface area (Å²) in [6, 6.07) is 16.4. The molecule has 3 heterocycles. The normalized spacial score (nSPS) is 23.6. The third-order valence-electron chi connectivity index (χ3n) is 9.35. The largest absolute Gasteiger partial charge is 0.450 e. The number of aliphatic hydroxyl groups is 1. The highest BCUT2D eigenvalue weighted by Gasteiger charge is 2.51. The summed E-state index contributed by atoms with van der Waals surface area (Å²) < 4.78 is 5.02.